The fourth-order valence-electron chi connectivity index (χ4n) is 2.67. The second-order valence-corrected chi connectivity index (χ2v) is 6.07. The normalized spacial score (nSPS) is 14.9. The molecule has 24 heavy (non-hydrogen) atoms. The zero-order valence-corrected chi connectivity index (χ0v) is 13.9. The Balaban J connectivity index is 2.33. The number of imide groups is 1. The fourth-order valence-corrected chi connectivity index (χ4v) is 2.67. The zero-order chi connectivity index (χ0) is 17.9. The van der Waals surface area contributed by atoms with Gasteiger partial charge in [0.2, 0.25) is 0 Å². The van der Waals surface area contributed by atoms with Crippen LogP contribution in [0.25, 0.3) is 0 Å². The average molecular weight is 325 g/mol. The summed E-state index contributed by atoms with van der Waals surface area (Å²) in [6.45, 7) is 3.91. The van der Waals surface area contributed by atoms with Crippen LogP contribution in [0.2, 0.25) is 0 Å². The molecule has 0 unspecified atom stereocenters. The molecule has 0 aliphatic carbocycles. The molecule has 0 spiro atoms. The lowest BCUT2D eigenvalue weighted by Crippen LogP contribution is -2.53. The summed E-state index contributed by atoms with van der Waals surface area (Å²) in [4.78, 5) is 37.4. The minimum atomic E-state index is -0.740. The van der Waals surface area contributed by atoms with Crippen LogP contribution in [0.5, 0.6) is 0 Å². The summed E-state index contributed by atoms with van der Waals surface area (Å²) in [7, 11) is 1.35. The second kappa shape index (κ2) is 7.09. The van der Waals surface area contributed by atoms with Crippen molar-refractivity contribution in [3.05, 3.63) is 47.0 Å². The number of rotatable bonds is 4. The van der Waals surface area contributed by atoms with E-state index in [1.165, 1.54) is 7.05 Å². The maximum Gasteiger partial charge on any atom is 0.290 e. The largest absolute Gasteiger partial charge is 0.290 e. The predicted molar refractivity (Wildman–Crippen MR) is 87.1 cm³/mol. The highest BCUT2D eigenvalue weighted by molar-refractivity contribution is 6.12. The second-order valence-electron chi connectivity index (χ2n) is 6.07. The van der Waals surface area contributed by atoms with E-state index >= 15 is 0 Å². The number of hydrogen-bond acceptors (Lipinski definition) is 4. The molecule has 0 saturated carbocycles. The Morgan fingerprint density at radius 3 is 2.46 bits per heavy atom. The molecule has 0 fully saturated rings. The van der Waals surface area contributed by atoms with Gasteiger partial charge in [-0.1, -0.05) is 32.0 Å². The van der Waals surface area contributed by atoms with Gasteiger partial charge in [0.05, 0.1) is 6.42 Å². The van der Waals surface area contributed by atoms with Gasteiger partial charge in [-0.05, 0) is 30.0 Å². The summed E-state index contributed by atoms with van der Waals surface area (Å²) in [5.74, 6) is -1.50. The van der Waals surface area contributed by atoms with Gasteiger partial charge < -0.3 is 0 Å². The Bertz CT molecular complexity index is 745. The minimum Gasteiger partial charge on any atom is -0.272 e. The summed E-state index contributed by atoms with van der Waals surface area (Å²) >= 11 is 0. The highest BCUT2D eigenvalue weighted by Gasteiger charge is 2.37. The highest BCUT2D eigenvalue weighted by Crippen LogP contribution is 2.26. The van der Waals surface area contributed by atoms with Crippen LogP contribution in [0.3, 0.4) is 0 Å². The van der Waals surface area contributed by atoms with Crippen molar-refractivity contribution >= 4 is 17.7 Å². The Hall–Kier alpha value is -2.94. The molecule has 0 aromatic heterocycles. The summed E-state index contributed by atoms with van der Waals surface area (Å²) < 4.78 is 0. The van der Waals surface area contributed by atoms with Gasteiger partial charge in [0.15, 0.2) is 0 Å². The lowest BCUT2D eigenvalue weighted by molar-refractivity contribution is -0.156. The fraction of sp³-hybridized carbons (Fsp3) is 0.333. The molecule has 0 saturated heterocycles. The van der Waals surface area contributed by atoms with E-state index in [4.69, 9.17) is 0 Å². The Morgan fingerprint density at radius 1 is 1.29 bits per heavy atom. The maximum atomic E-state index is 12.6. The van der Waals surface area contributed by atoms with Gasteiger partial charge in [-0.25, -0.2) is 5.01 Å². The minimum absolute atomic E-state index is 0.0285. The van der Waals surface area contributed by atoms with E-state index in [-0.39, 0.29) is 17.9 Å². The lowest BCUT2D eigenvalue weighted by Gasteiger charge is -2.33. The van der Waals surface area contributed by atoms with Gasteiger partial charge in [0.25, 0.3) is 17.7 Å². The monoisotopic (exact) mass is 325 g/mol. The number of hydrazine groups is 1. The Labute approximate surface area is 140 Å². The van der Waals surface area contributed by atoms with Crippen LogP contribution in [0.4, 0.5) is 0 Å². The third kappa shape index (κ3) is 3.35. The van der Waals surface area contributed by atoms with Crippen LogP contribution in [-0.2, 0) is 9.59 Å². The first-order chi connectivity index (χ1) is 11.4. The molecule has 0 N–H and O–H groups in total. The standard InChI is InChI=1S/C18H19N3O3/c1-12(2)9-14-10-16(22)21(18(24)15(14)11-19)20(3)17(23)13-7-5-4-6-8-13/h4-8,12H,9-10H2,1-3H3. The molecule has 0 bridgehead atoms. The predicted octanol–water partition coefficient (Wildman–Crippen LogP) is 2.30. The van der Waals surface area contributed by atoms with E-state index in [0.29, 0.717) is 17.6 Å². The van der Waals surface area contributed by atoms with Crippen LogP contribution in [-0.4, -0.2) is 34.8 Å². The molecule has 1 aliphatic rings. The van der Waals surface area contributed by atoms with Crippen molar-refractivity contribution in [2.75, 3.05) is 7.05 Å². The molecule has 1 aliphatic heterocycles. The number of carbonyl (C=O) groups excluding carboxylic acids is 3. The van der Waals surface area contributed by atoms with E-state index in [2.05, 4.69) is 0 Å². The van der Waals surface area contributed by atoms with E-state index < -0.39 is 17.7 Å². The van der Waals surface area contributed by atoms with Gasteiger partial charge in [0, 0.05) is 12.6 Å². The molecule has 124 valence electrons. The van der Waals surface area contributed by atoms with Crippen molar-refractivity contribution in [2.45, 2.75) is 26.7 Å². The van der Waals surface area contributed by atoms with Gasteiger partial charge >= 0.3 is 0 Å². The quantitative estimate of drug-likeness (QED) is 0.795. The summed E-state index contributed by atoms with van der Waals surface area (Å²) in [6.07, 6.45) is 0.476. The third-order valence-electron chi connectivity index (χ3n) is 3.74. The van der Waals surface area contributed by atoms with Crippen molar-refractivity contribution in [1.29, 1.82) is 5.26 Å². The molecular formula is C18H19N3O3. The molecule has 0 atom stereocenters. The van der Waals surface area contributed by atoms with Crippen LogP contribution in [0.15, 0.2) is 41.5 Å². The Kier molecular flexibility index (Phi) is 5.14. The van der Waals surface area contributed by atoms with E-state index in [9.17, 15) is 19.6 Å². The Morgan fingerprint density at radius 2 is 1.92 bits per heavy atom. The van der Waals surface area contributed by atoms with Crippen molar-refractivity contribution in [1.82, 2.24) is 10.0 Å². The first kappa shape index (κ1) is 17.4. The van der Waals surface area contributed by atoms with Crippen LogP contribution in [0, 0.1) is 17.2 Å². The molecular weight excluding hydrogens is 306 g/mol. The molecule has 1 aromatic rings. The molecule has 3 amide bonds. The van der Waals surface area contributed by atoms with Crippen LogP contribution >= 0.6 is 0 Å². The highest BCUT2D eigenvalue weighted by atomic mass is 16.2. The number of nitrogens with zero attached hydrogens (tertiary/aromatic N) is 3. The molecule has 1 heterocycles. The van der Waals surface area contributed by atoms with Crippen LogP contribution in [0.1, 0.15) is 37.0 Å². The summed E-state index contributed by atoms with van der Waals surface area (Å²) in [5, 5.41) is 11.1. The maximum absolute atomic E-state index is 12.6. The van der Waals surface area contributed by atoms with Gasteiger partial charge in [-0.3, -0.25) is 14.4 Å². The number of amides is 3. The van der Waals surface area contributed by atoms with Crippen molar-refractivity contribution < 1.29 is 14.4 Å². The average Bonchev–Trinajstić information content (AvgIpc) is 2.54. The smallest absolute Gasteiger partial charge is 0.272 e. The lowest BCUT2D eigenvalue weighted by atomic mass is 9.92. The third-order valence-corrected chi connectivity index (χ3v) is 3.74. The first-order valence-corrected chi connectivity index (χ1v) is 7.69. The SMILES string of the molecule is CC(C)CC1=C(C#N)C(=O)N(N(C)C(=O)c2ccccc2)C(=O)C1. The topological polar surface area (TPSA) is 81.5 Å². The molecule has 6 nitrogen and oxygen atoms in total. The zero-order valence-electron chi connectivity index (χ0n) is 13.9. The van der Waals surface area contributed by atoms with Crippen molar-refractivity contribution in [3.63, 3.8) is 0 Å². The number of nitriles is 1. The summed E-state index contributed by atoms with van der Waals surface area (Å²) in [6, 6.07) is 10.3. The number of benzene rings is 1. The number of hydrogen-bond donors (Lipinski definition) is 0. The van der Waals surface area contributed by atoms with E-state index in [0.717, 1.165) is 10.0 Å². The van der Waals surface area contributed by atoms with Gasteiger partial charge in [-0.2, -0.15) is 10.3 Å². The molecule has 2 rings (SSSR count). The van der Waals surface area contributed by atoms with Gasteiger partial charge in [-0.15, -0.1) is 0 Å². The van der Waals surface area contributed by atoms with Crippen LogP contribution < -0.4 is 0 Å². The molecule has 6 heteroatoms. The van der Waals surface area contributed by atoms with Crippen molar-refractivity contribution in [2.24, 2.45) is 5.92 Å². The summed E-state index contributed by atoms with van der Waals surface area (Å²) in [5.41, 5.74) is 0.853. The molecule has 0 radical (unpaired) electrons. The molecule has 1 aromatic carbocycles. The first-order valence-electron chi connectivity index (χ1n) is 7.69. The van der Waals surface area contributed by atoms with E-state index in [1.807, 2.05) is 19.9 Å². The van der Waals surface area contributed by atoms with E-state index in [1.54, 1.807) is 30.3 Å². The van der Waals surface area contributed by atoms with Crippen molar-refractivity contribution in [3.8, 4) is 6.07 Å². The number of carbonyl (C=O) groups is 3. The van der Waals surface area contributed by atoms with Gasteiger partial charge in [0.1, 0.15) is 11.6 Å².